The zero-order valence-electron chi connectivity index (χ0n) is 14.0. The maximum Gasteiger partial charge on any atom is 0.243 e. The van der Waals surface area contributed by atoms with Crippen molar-refractivity contribution >= 4 is 21.4 Å². The predicted molar refractivity (Wildman–Crippen MR) is 93.2 cm³/mol. The lowest BCUT2D eigenvalue weighted by Crippen LogP contribution is -2.31. The Morgan fingerprint density at radius 2 is 1.92 bits per heavy atom. The van der Waals surface area contributed by atoms with Crippen LogP contribution in [0.25, 0.3) is 0 Å². The molecule has 0 aliphatic heterocycles. The summed E-state index contributed by atoms with van der Waals surface area (Å²) in [6.07, 6.45) is 2.56. The van der Waals surface area contributed by atoms with Crippen LogP contribution in [0.2, 0.25) is 0 Å². The maximum absolute atomic E-state index is 12.1. The number of sulfone groups is 1. The fraction of sp³-hybridized carbons (Fsp3) is 0.294. The van der Waals surface area contributed by atoms with E-state index in [4.69, 9.17) is 4.74 Å². The minimum Gasteiger partial charge on any atom is -0.437 e. The first-order valence-corrected chi connectivity index (χ1v) is 9.34. The number of rotatable bonds is 5. The Hall–Kier alpha value is -2.41. The molecule has 0 aliphatic rings. The molecule has 128 valence electrons. The van der Waals surface area contributed by atoms with Gasteiger partial charge >= 0.3 is 0 Å². The van der Waals surface area contributed by atoms with Crippen LogP contribution in [0.4, 0.5) is 5.69 Å². The van der Waals surface area contributed by atoms with Gasteiger partial charge in [-0.3, -0.25) is 4.79 Å². The summed E-state index contributed by atoms with van der Waals surface area (Å²) in [5, 5.41) is 1.40. The number of hydrogen-bond acceptors (Lipinski definition) is 5. The minimum atomic E-state index is -3.48. The number of aryl methyl sites for hydroxylation is 1. The molecule has 1 amide bonds. The molecule has 0 spiro atoms. The number of nitrogens with one attached hydrogen (secondary N) is 1. The molecule has 1 heterocycles. The van der Waals surface area contributed by atoms with Crippen LogP contribution < -0.4 is 10.1 Å². The molecule has 1 aromatic carbocycles. The highest BCUT2D eigenvalue weighted by Crippen LogP contribution is 2.30. The summed E-state index contributed by atoms with van der Waals surface area (Å²) in [5.41, 5.74) is 2.35. The first-order chi connectivity index (χ1) is 11.2. The van der Waals surface area contributed by atoms with Crippen LogP contribution in [0, 0.1) is 13.8 Å². The smallest absolute Gasteiger partial charge is 0.243 e. The van der Waals surface area contributed by atoms with Crippen molar-refractivity contribution in [3.63, 3.8) is 0 Å². The lowest BCUT2D eigenvalue weighted by molar-refractivity contribution is -0.115. The molecule has 0 bridgehead atoms. The molecule has 0 radical (unpaired) electrons. The number of ether oxygens (including phenoxy) is 1. The van der Waals surface area contributed by atoms with Gasteiger partial charge in [0.15, 0.2) is 9.84 Å². The number of hydrogen-bond donors (Lipinski definition) is 1. The van der Waals surface area contributed by atoms with Crippen molar-refractivity contribution in [1.82, 2.24) is 4.98 Å². The average molecular weight is 348 g/mol. The van der Waals surface area contributed by atoms with E-state index in [1.54, 1.807) is 12.1 Å². The number of amides is 1. The second-order valence-corrected chi connectivity index (χ2v) is 7.98. The molecular formula is C17H20N2O4S. The summed E-state index contributed by atoms with van der Waals surface area (Å²) in [6, 6.07) is 8.89. The second-order valence-electron chi connectivity index (χ2n) is 5.62. The Morgan fingerprint density at radius 1 is 1.21 bits per heavy atom. The van der Waals surface area contributed by atoms with E-state index in [0.717, 1.165) is 17.4 Å². The predicted octanol–water partition coefficient (Wildman–Crippen LogP) is 2.86. The van der Waals surface area contributed by atoms with Gasteiger partial charge in [-0.25, -0.2) is 13.4 Å². The van der Waals surface area contributed by atoms with Crippen LogP contribution in [0.5, 0.6) is 11.6 Å². The number of carbonyl (C=O) groups excluding carboxylic acids is 1. The molecule has 1 N–H and O–H groups in total. The van der Waals surface area contributed by atoms with E-state index >= 15 is 0 Å². The molecule has 0 unspecified atom stereocenters. The number of benzene rings is 1. The standard InChI is InChI=1S/C17H20N2O4S/c1-11-7-5-9-15(12(11)2)23-17-14(8-6-10-18-17)19-16(20)13(3)24(4,21)22/h5-10,13H,1-4H3,(H,19,20)/t13-/m0/s1. The Bertz CT molecular complexity index is 863. The van der Waals surface area contributed by atoms with Crippen molar-refractivity contribution in [2.24, 2.45) is 0 Å². The quantitative estimate of drug-likeness (QED) is 0.898. The van der Waals surface area contributed by atoms with Crippen molar-refractivity contribution in [1.29, 1.82) is 0 Å². The number of carbonyl (C=O) groups is 1. The second kappa shape index (κ2) is 7.00. The third-order valence-corrected chi connectivity index (χ3v) is 5.30. The molecule has 0 fully saturated rings. The monoisotopic (exact) mass is 348 g/mol. The van der Waals surface area contributed by atoms with E-state index in [1.807, 2.05) is 32.0 Å². The summed E-state index contributed by atoms with van der Waals surface area (Å²) >= 11 is 0. The van der Waals surface area contributed by atoms with E-state index in [2.05, 4.69) is 10.3 Å². The zero-order valence-corrected chi connectivity index (χ0v) is 14.8. The molecule has 24 heavy (non-hydrogen) atoms. The summed E-state index contributed by atoms with van der Waals surface area (Å²) in [6.45, 7) is 5.24. The number of anilines is 1. The van der Waals surface area contributed by atoms with Gasteiger partial charge in [0.2, 0.25) is 11.8 Å². The van der Waals surface area contributed by atoms with Crippen LogP contribution in [0.3, 0.4) is 0 Å². The van der Waals surface area contributed by atoms with Gasteiger partial charge in [-0.2, -0.15) is 0 Å². The molecular weight excluding hydrogens is 328 g/mol. The van der Waals surface area contributed by atoms with E-state index in [9.17, 15) is 13.2 Å². The van der Waals surface area contributed by atoms with Gasteiger partial charge in [0.25, 0.3) is 0 Å². The van der Waals surface area contributed by atoms with Crippen molar-refractivity contribution < 1.29 is 17.9 Å². The van der Waals surface area contributed by atoms with E-state index in [-0.39, 0.29) is 5.88 Å². The van der Waals surface area contributed by atoms with Gasteiger partial charge < -0.3 is 10.1 Å². The Labute approximate surface area is 141 Å². The fourth-order valence-corrected chi connectivity index (χ4v) is 2.38. The van der Waals surface area contributed by atoms with Gasteiger partial charge in [-0.15, -0.1) is 0 Å². The first-order valence-electron chi connectivity index (χ1n) is 7.39. The zero-order chi connectivity index (χ0) is 17.9. The SMILES string of the molecule is Cc1cccc(Oc2ncccc2NC(=O)[C@H](C)S(C)(=O)=O)c1C. The van der Waals surface area contributed by atoms with Gasteiger partial charge in [-0.05, 0) is 50.1 Å². The molecule has 2 aromatic rings. The Kier molecular flexibility index (Phi) is 5.23. The van der Waals surface area contributed by atoms with Crippen molar-refractivity contribution in [2.45, 2.75) is 26.0 Å². The van der Waals surface area contributed by atoms with Crippen molar-refractivity contribution in [3.8, 4) is 11.6 Å². The third kappa shape index (κ3) is 4.11. The molecule has 0 saturated carbocycles. The fourth-order valence-electron chi connectivity index (χ4n) is 1.93. The van der Waals surface area contributed by atoms with Gasteiger partial charge in [-0.1, -0.05) is 12.1 Å². The maximum atomic E-state index is 12.1. The number of pyridine rings is 1. The highest BCUT2D eigenvalue weighted by Gasteiger charge is 2.24. The van der Waals surface area contributed by atoms with Gasteiger partial charge in [0.05, 0.1) is 0 Å². The van der Waals surface area contributed by atoms with E-state index < -0.39 is 21.0 Å². The average Bonchev–Trinajstić information content (AvgIpc) is 2.52. The van der Waals surface area contributed by atoms with Crippen LogP contribution in [0.1, 0.15) is 18.1 Å². The lowest BCUT2D eigenvalue weighted by Gasteiger charge is -2.15. The highest BCUT2D eigenvalue weighted by molar-refractivity contribution is 7.92. The highest BCUT2D eigenvalue weighted by atomic mass is 32.2. The molecule has 7 heteroatoms. The van der Waals surface area contributed by atoms with E-state index in [0.29, 0.717) is 11.4 Å². The molecule has 1 aromatic heterocycles. The van der Waals surface area contributed by atoms with Gasteiger partial charge in [0, 0.05) is 12.5 Å². The topological polar surface area (TPSA) is 85.4 Å². The summed E-state index contributed by atoms with van der Waals surface area (Å²) in [7, 11) is -3.48. The molecule has 0 aliphatic carbocycles. The number of aromatic nitrogens is 1. The lowest BCUT2D eigenvalue weighted by atomic mass is 10.1. The summed E-state index contributed by atoms with van der Waals surface area (Å²) < 4.78 is 28.8. The normalized spacial score (nSPS) is 12.5. The molecule has 6 nitrogen and oxygen atoms in total. The summed E-state index contributed by atoms with van der Waals surface area (Å²) in [5.74, 6) is 0.205. The van der Waals surface area contributed by atoms with Crippen molar-refractivity contribution in [2.75, 3.05) is 11.6 Å². The first kappa shape index (κ1) is 17.9. The molecule has 0 saturated heterocycles. The van der Waals surface area contributed by atoms with Crippen LogP contribution in [-0.2, 0) is 14.6 Å². The van der Waals surface area contributed by atoms with Crippen LogP contribution in [0.15, 0.2) is 36.5 Å². The summed E-state index contributed by atoms with van der Waals surface area (Å²) in [4.78, 5) is 16.2. The van der Waals surface area contributed by atoms with E-state index in [1.165, 1.54) is 13.1 Å². The molecule has 2 rings (SSSR count). The van der Waals surface area contributed by atoms with Crippen LogP contribution >= 0.6 is 0 Å². The molecule has 1 atom stereocenters. The van der Waals surface area contributed by atoms with Gasteiger partial charge in [0.1, 0.15) is 16.7 Å². The minimum absolute atomic E-state index is 0.209. The van der Waals surface area contributed by atoms with Crippen LogP contribution in [-0.4, -0.2) is 30.8 Å². The van der Waals surface area contributed by atoms with Crippen molar-refractivity contribution in [3.05, 3.63) is 47.7 Å². The Morgan fingerprint density at radius 3 is 2.58 bits per heavy atom. The largest absolute Gasteiger partial charge is 0.437 e. The Balaban J connectivity index is 2.28. The number of nitrogens with zero attached hydrogens (tertiary/aromatic N) is 1. The third-order valence-electron chi connectivity index (χ3n) is 3.80.